The van der Waals surface area contributed by atoms with Gasteiger partial charge in [0.15, 0.2) is 5.78 Å². The number of carboxylic acid groups (broad SMARTS) is 1. The largest absolute Gasteiger partial charge is 0.496 e. The van der Waals surface area contributed by atoms with E-state index >= 15 is 0 Å². The van der Waals surface area contributed by atoms with Crippen molar-refractivity contribution in [2.45, 2.75) is 26.2 Å². The lowest BCUT2D eigenvalue weighted by Gasteiger charge is -2.12. The van der Waals surface area contributed by atoms with Gasteiger partial charge in [-0.15, -0.1) is 0 Å². The van der Waals surface area contributed by atoms with Gasteiger partial charge in [-0.25, -0.2) is 0 Å². The molecule has 0 bridgehead atoms. The molecule has 0 saturated carbocycles. The summed E-state index contributed by atoms with van der Waals surface area (Å²) in [7, 11) is 1.50. The minimum absolute atomic E-state index is 0.0117. The van der Waals surface area contributed by atoms with E-state index in [4.69, 9.17) is 14.6 Å². The molecule has 27 heavy (non-hydrogen) atoms. The second-order valence-corrected chi connectivity index (χ2v) is 5.89. The molecule has 0 atom stereocenters. The van der Waals surface area contributed by atoms with Crippen LogP contribution in [0.1, 0.15) is 40.4 Å². The highest BCUT2D eigenvalue weighted by Crippen LogP contribution is 2.24. The number of hydrogen-bond donors (Lipinski definition) is 1. The van der Waals surface area contributed by atoms with E-state index in [-0.39, 0.29) is 31.7 Å². The molecule has 0 amide bonds. The van der Waals surface area contributed by atoms with Crippen molar-refractivity contribution in [3.63, 3.8) is 0 Å². The van der Waals surface area contributed by atoms with Gasteiger partial charge in [0.1, 0.15) is 5.75 Å². The number of aliphatic carboxylic acids is 1. The van der Waals surface area contributed by atoms with Crippen LogP contribution in [-0.4, -0.2) is 36.5 Å². The molecule has 0 aliphatic carbocycles. The van der Waals surface area contributed by atoms with Crippen LogP contribution in [0, 0.1) is 0 Å². The number of carbonyl (C=O) groups excluding carboxylic acids is 2. The van der Waals surface area contributed by atoms with Gasteiger partial charge in [-0.2, -0.15) is 0 Å². The number of hydrogen-bond acceptors (Lipinski definition) is 5. The lowest BCUT2D eigenvalue weighted by atomic mass is 9.94. The Hall–Kier alpha value is -3.15. The van der Waals surface area contributed by atoms with Crippen molar-refractivity contribution >= 4 is 17.7 Å². The Morgan fingerprint density at radius 2 is 1.78 bits per heavy atom. The molecule has 6 nitrogen and oxygen atoms in total. The summed E-state index contributed by atoms with van der Waals surface area (Å²) in [5, 5.41) is 8.91. The third-order valence-corrected chi connectivity index (χ3v) is 4.05. The van der Waals surface area contributed by atoms with Gasteiger partial charge in [-0.1, -0.05) is 24.3 Å². The van der Waals surface area contributed by atoms with E-state index in [0.29, 0.717) is 28.0 Å². The van der Waals surface area contributed by atoms with E-state index in [9.17, 15) is 14.4 Å². The molecule has 2 rings (SSSR count). The second kappa shape index (κ2) is 9.52. The molecule has 0 spiro atoms. The van der Waals surface area contributed by atoms with Gasteiger partial charge in [0.05, 0.1) is 20.1 Å². The van der Waals surface area contributed by atoms with Crippen LogP contribution in [0.4, 0.5) is 0 Å². The summed E-state index contributed by atoms with van der Waals surface area (Å²) in [6, 6.07) is 11.8. The van der Waals surface area contributed by atoms with Crippen molar-refractivity contribution in [1.82, 2.24) is 0 Å². The van der Waals surface area contributed by atoms with Crippen molar-refractivity contribution in [2.75, 3.05) is 13.7 Å². The number of carbonyl (C=O) groups is 3. The van der Waals surface area contributed by atoms with Crippen LogP contribution in [-0.2, 0) is 27.2 Å². The van der Waals surface area contributed by atoms with Crippen LogP contribution in [0.15, 0.2) is 42.5 Å². The molecule has 0 aliphatic heterocycles. The van der Waals surface area contributed by atoms with Crippen LogP contribution >= 0.6 is 0 Å². The maximum absolute atomic E-state index is 13.0. The summed E-state index contributed by atoms with van der Waals surface area (Å²) in [5.74, 6) is -1.02. The van der Waals surface area contributed by atoms with Crippen LogP contribution in [0.3, 0.4) is 0 Å². The van der Waals surface area contributed by atoms with Crippen molar-refractivity contribution in [2.24, 2.45) is 0 Å². The van der Waals surface area contributed by atoms with Crippen molar-refractivity contribution in [3.8, 4) is 5.75 Å². The second-order valence-electron chi connectivity index (χ2n) is 5.89. The lowest BCUT2D eigenvalue weighted by molar-refractivity contribution is -0.142. The van der Waals surface area contributed by atoms with E-state index < -0.39 is 11.9 Å². The number of esters is 1. The first-order valence-corrected chi connectivity index (χ1v) is 8.63. The Balaban J connectivity index is 2.33. The monoisotopic (exact) mass is 370 g/mol. The first-order chi connectivity index (χ1) is 13.0. The van der Waals surface area contributed by atoms with Gasteiger partial charge in [-0.05, 0) is 42.7 Å². The molecular formula is C21H22O6. The molecule has 1 N–H and O–H groups in total. The summed E-state index contributed by atoms with van der Waals surface area (Å²) in [5.41, 5.74) is 2.06. The van der Waals surface area contributed by atoms with E-state index in [1.807, 2.05) is 0 Å². The third-order valence-electron chi connectivity index (χ3n) is 4.05. The van der Waals surface area contributed by atoms with E-state index in [2.05, 4.69) is 0 Å². The molecule has 0 unspecified atom stereocenters. The Morgan fingerprint density at radius 3 is 2.44 bits per heavy atom. The molecule has 0 aliphatic rings. The number of ether oxygens (including phenoxy) is 2. The molecule has 2 aromatic rings. The van der Waals surface area contributed by atoms with E-state index in [1.54, 1.807) is 49.4 Å². The smallest absolute Gasteiger partial charge is 0.310 e. The molecule has 142 valence electrons. The molecular weight excluding hydrogens is 348 g/mol. The Kier molecular flexibility index (Phi) is 7.11. The minimum Gasteiger partial charge on any atom is -0.496 e. The van der Waals surface area contributed by atoms with E-state index in [1.165, 1.54) is 7.11 Å². The summed E-state index contributed by atoms with van der Waals surface area (Å²) < 4.78 is 10.2. The first-order valence-electron chi connectivity index (χ1n) is 8.63. The van der Waals surface area contributed by atoms with Crippen molar-refractivity contribution in [3.05, 3.63) is 64.7 Å². The predicted octanol–water partition coefficient (Wildman–Crippen LogP) is 3.05. The predicted molar refractivity (Wildman–Crippen MR) is 99.2 cm³/mol. The summed E-state index contributed by atoms with van der Waals surface area (Å²) >= 11 is 0. The molecule has 0 heterocycles. The number of carboxylic acids is 1. The molecule has 6 heteroatoms. The van der Waals surface area contributed by atoms with Crippen LogP contribution in [0.5, 0.6) is 5.75 Å². The fourth-order valence-electron chi connectivity index (χ4n) is 2.78. The summed E-state index contributed by atoms with van der Waals surface area (Å²) in [4.78, 5) is 35.7. The number of rotatable bonds is 9. The summed E-state index contributed by atoms with van der Waals surface area (Å²) in [6.07, 6.45) is 0.204. The molecule has 0 saturated heterocycles. The first kappa shape index (κ1) is 20.2. The topological polar surface area (TPSA) is 89.9 Å². The van der Waals surface area contributed by atoms with Crippen molar-refractivity contribution < 1.29 is 29.0 Å². The Morgan fingerprint density at radius 1 is 1.04 bits per heavy atom. The molecule has 2 aromatic carbocycles. The maximum Gasteiger partial charge on any atom is 0.310 e. The highest BCUT2D eigenvalue weighted by molar-refractivity contribution is 6.10. The number of benzene rings is 2. The maximum atomic E-state index is 13.0. The fraction of sp³-hybridized carbons (Fsp3) is 0.286. The lowest BCUT2D eigenvalue weighted by Crippen LogP contribution is -2.12. The zero-order valence-corrected chi connectivity index (χ0v) is 15.4. The van der Waals surface area contributed by atoms with Gasteiger partial charge < -0.3 is 14.6 Å². The zero-order chi connectivity index (χ0) is 19.8. The highest BCUT2D eigenvalue weighted by Gasteiger charge is 2.17. The Bertz CT molecular complexity index is 840. The molecule has 0 aromatic heterocycles. The Labute approximate surface area is 157 Å². The number of methoxy groups -OCH3 is 1. The van der Waals surface area contributed by atoms with Crippen molar-refractivity contribution in [1.29, 1.82) is 0 Å². The third kappa shape index (κ3) is 5.41. The van der Waals surface area contributed by atoms with Crippen LogP contribution in [0.2, 0.25) is 0 Å². The van der Waals surface area contributed by atoms with E-state index in [0.717, 1.165) is 0 Å². The average Bonchev–Trinajstić information content (AvgIpc) is 2.66. The van der Waals surface area contributed by atoms with Gasteiger partial charge in [0.25, 0.3) is 0 Å². The van der Waals surface area contributed by atoms with Gasteiger partial charge in [0, 0.05) is 17.5 Å². The van der Waals surface area contributed by atoms with Gasteiger partial charge in [0.2, 0.25) is 0 Å². The highest BCUT2D eigenvalue weighted by atomic mass is 16.5. The van der Waals surface area contributed by atoms with Gasteiger partial charge >= 0.3 is 11.9 Å². The quantitative estimate of drug-likeness (QED) is 0.539. The summed E-state index contributed by atoms with van der Waals surface area (Å²) in [6.45, 7) is 2.01. The number of ketones is 1. The normalized spacial score (nSPS) is 10.3. The standard InChI is InChI=1S/C21H22O6/c1-3-27-20(24)13-14-6-4-5-7-17(14)21(25)16-8-10-18(26-2)15(12-16)9-11-19(22)23/h4-8,10,12H,3,9,11,13H2,1-2H3,(H,22,23). The van der Waals surface area contributed by atoms with Crippen LogP contribution in [0.25, 0.3) is 0 Å². The molecule has 0 radical (unpaired) electrons. The molecule has 0 fully saturated rings. The average molecular weight is 370 g/mol. The zero-order valence-electron chi connectivity index (χ0n) is 15.4. The SMILES string of the molecule is CCOC(=O)Cc1ccccc1C(=O)c1ccc(OC)c(CCC(=O)O)c1. The number of aryl methyl sites for hydroxylation is 1. The minimum atomic E-state index is -0.923. The fourth-order valence-corrected chi connectivity index (χ4v) is 2.78. The van der Waals surface area contributed by atoms with Crippen LogP contribution < -0.4 is 4.74 Å². The van der Waals surface area contributed by atoms with Gasteiger partial charge in [-0.3, -0.25) is 14.4 Å².